The van der Waals surface area contributed by atoms with Crippen molar-refractivity contribution < 1.29 is 14.4 Å². The molecule has 1 rings (SSSR count). The molecule has 1 aliphatic rings. The Bertz CT molecular complexity index is 341. The van der Waals surface area contributed by atoms with E-state index >= 15 is 0 Å². The first-order valence-corrected chi connectivity index (χ1v) is 5.72. The highest BCUT2D eigenvalue weighted by Crippen LogP contribution is 2.10. The fourth-order valence-corrected chi connectivity index (χ4v) is 1.81. The number of hydrogen-bond acceptors (Lipinski definition) is 4. The summed E-state index contributed by atoms with van der Waals surface area (Å²) in [5.41, 5.74) is 5.77. The van der Waals surface area contributed by atoms with Gasteiger partial charge in [0.2, 0.25) is 17.7 Å². The average Bonchev–Trinajstić information content (AvgIpc) is 2.21. The molecule has 0 aromatic heterocycles. The van der Waals surface area contributed by atoms with E-state index in [0.717, 1.165) is 0 Å². The molecule has 0 spiro atoms. The van der Waals surface area contributed by atoms with Gasteiger partial charge in [-0.15, -0.1) is 0 Å². The van der Waals surface area contributed by atoms with Gasteiger partial charge in [-0.3, -0.25) is 19.7 Å². The highest BCUT2D eigenvalue weighted by atomic mass is 16.2. The van der Waals surface area contributed by atoms with Crippen LogP contribution in [-0.2, 0) is 14.4 Å². The highest BCUT2D eigenvalue weighted by molar-refractivity contribution is 6.04. The van der Waals surface area contributed by atoms with Crippen LogP contribution in [0.15, 0.2) is 0 Å². The number of nitrogens with one attached hydrogen (secondary N) is 1. The van der Waals surface area contributed by atoms with E-state index in [1.165, 1.54) is 4.90 Å². The predicted molar refractivity (Wildman–Crippen MR) is 61.8 cm³/mol. The number of amides is 3. The molecule has 1 aliphatic heterocycles. The zero-order chi connectivity index (χ0) is 13.2. The first-order chi connectivity index (χ1) is 7.82. The molecule has 6 heteroatoms. The summed E-state index contributed by atoms with van der Waals surface area (Å²) in [5.74, 6) is -0.961. The Kier molecular flexibility index (Phi) is 4.22. The third-order valence-electron chi connectivity index (χ3n) is 2.75. The molecule has 0 bridgehead atoms. The lowest BCUT2D eigenvalue weighted by molar-refractivity contribution is -0.150. The molecule has 2 atom stereocenters. The first kappa shape index (κ1) is 13.6. The van der Waals surface area contributed by atoms with Crippen LogP contribution in [0.3, 0.4) is 0 Å². The van der Waals surface area contributed by atoms with Crippen molar-refractivity contribution in [3.05, 3.63) is 0 Å². The van der Waals surface area contributed by atoms with Gasteiger partial charge in [0.15, 0.2) is 0 Å². The Balaban J connectivity index is 2.73. The maximum absolute atomic E-state index is 12.0. The summed E-state index contributed by atoms with van der Waals surface area (Å²) in [4.78, 5) is 35.9. The molecular weight excluding hydrogens is 222 g/mol. The van der Waals surface area contributed by atoms with E-state index in [-0.39, 0.29) is 12.5 Å². The number of imide groups is 1. The van der Waals surface area contributed by atoms with Crippen molar-refractivity contribution in [2.24, 2.45) is 11.7 Å². The summed E-state index contributed by atoms with van der Waals surface area (Å²) < 4.78 is 0. The van der Waals surface area contributed by atoms with Gasteiger partial charge in [-0.1, -0.05) is 13.8 Å². The van der Waals surface area contributed by atoms with Crippen molar-refractivity contribution >= 4 is 17.7 Å². The minimum atomic E-state index is -0.656. The third kappa shape index (κ3) is 3.26. The molecule has 6 nitrogen and oxygen atoms in total. The van der Waals surface area contributed by atoms with Crippen LogP contribution in [-0.4, -0.2) is 41.2 Å². The van der Waals surface area contributed by atoms with Crippen LogP contribution in [0.4, 0.5) is 0 Å². The van der Waals surface area contributed by atoms with Crippen LogP contribution in [0.2, 0.25) is 0 Å². The fourth-order valence-electron chi connectivity index (χ4n) is 1.81. The zero-order valence-electron chi connectivity index (χ0n) is 10.4. The predicted octanol–water partition coefficient (Wildman–Crippen LogP) is -0.767. The van der Waals surface area contributed by atoms with Crippen molar-refractivity contribution in [1.82, 2.24) is 10.2 Å². The SMILES string of the molecule is CC(C)CC(N)C(=O)N1CC(=O)NC(=O)C1C. The molecule has 0 aliphatic carbocycles. The molecule has 3 N–H and O–H groups in total. The van der Waals surface area contributed by atoms with Crippen molar-refractivity contribution in [3.63, 3.8) is 0 Å². The van der Waals surface area contributed by atoms with Crippen LogP contribution >= 0.6 is 0 Å². The Morgan fingerprint density at radius 1 is 1.53 bits per heavy atom. The number of carbonyl (C=O) groups excluding carboxylic acids is 3. The zero-order valence-corrected chi connectivity index (χ0v) is 10.4. The van der Waals surface area contributed by atoms with Gasteiger partial charge in [0, 0.05) is 0 Å². The second-order valence-corrected chi connectivity index (χ2v) is 4.79. The summed E-state index contributed by atoms with van der Waals surface area (Å²) in [7, 11) is 0. The maximum Gasteiger partial charge on any atom is 0.249 e. The monoisotopic (exact) mass is 241 g/mol. The lowest BCUT2D eigenvalue weighted by atomic mass is 10.0. The van der Waals surface area contributed by atoms with E-state index in [2.05, 4.69) is 5.32 Å². The first-order valence-electron chi connectivity index (χ1n) is 5.72. The Hall–Kier alpha value is -1.43. The molecule has 0 radical (unpaired) electrons. The molecule has 96 valence electrons. The standard InChI is InChI=1S/C11H19N3O3/c1-6(2)4-8(12)11(17)14-5-9(15)13-10(16)7(14)3/h6-8H,4-5,12H2,1-3H3,(H,13,15,16). The molecular formula is C11H19N3O3. The second-order valence-electron chi connectivity index (χ2n) is 4.79. The van der Waals surface area contributed by atoms with Crippen molar-refractivity contribution in [1.29, 1.82) is 0 Å². The Morgan fingerprint density at radius 2 is 2.12 bits per heavy atom. The normalized spacial score (nSPS) is 22.6. The molecule has 2 unspecified atom stereocenters. The lowest BCUT2D eigenvalue weighted by Gasteiger charge is -2.33. The molecule has 0 saturated carbocycles. The van der Waals surface area contributed by atoms with E-state index in [1.54, 1.807) is 6.92 Å². The van der Waals surface area contributed by atoms with Gasteiger partial charge in [0.05, 0.1) is 6.04 Å². The average molecular weight is 241 g/mol. The number of carbonyl (C=O) groups is 3. The quantitative estimate of drug-likeness (QED) is 0.635. The summed E-state index contributed by atoms with van der Waals surface area (Å²) >= 11 is 0. The number of piperazine rings is 1. The summed E-state index contributed by atoms with van der Waals surface area (Å²) in [6.45, 7) is 5.41. The van der Waals surface area contributed by atoms with Crippen LogP contribution in [0, 0.1) is 5.92 Å². The Morgan fingerprint density at radius 3 is 2.65 bits per heavy atom. The molecule has 1 fully saturated rings. The second kappa shape index (κ2) is 5.27. The van der Waals surface area contributed by atoms with Gasteiger partial charge in [0.25, 0.3) is 0 Å². The molecule has 0 aromatic carbocycles. The molecule has 3 amide bonds. The minimum absolute atomic E-state index is 0.0997. The van der Waals surface area contributed by atoms with Crippen LogP contribution < -0.4 is 11.1 Å². The largest absolute Gasteiger partial charge is 0.320 e. The highest BCUT2D eigenvalue weighted by Gasteiger charge is 2.35. The molecule has 1 saturated heterocycles. The fraction of sp³-hybridized carbons (Fsp3) is 0.727. The van der Waals surface area contributed by atoms with E-state index < -0.39 is 23.9 Å². The smallest absolute Gasteiger partial charge is 0.249 e. The van der Waals surface area contributed by atoms with Crippen LogP contribution in [0.25, 0.3) is 0 Å². The van der Waals surface area contributed by atoms with E-state index in [9.17, 15) is 14.4 Å². The Labute approximate surface area is 101 Å². The topological polar surface area (TPSA) is 92.5 Å². The van der Waals surface area contributed by atoms with Gasteiger partial charge in [-0.05, 0) is 19.3 Å². The molecule has 0 aromatic rings. The maximum atomic E-state index is 12.0. The summed E-state index contributed by atoms with van der Waals surface area (Å²) in [6.07, 6.45) is 0.540. The van der Waals surface area contributed by atoms with Crippen LogP contribution in [0.5, 0.6) is 0 Å². The van der Waals surface area contributed by atoms with E-state index in [0.29, 0.717) is 12.3 Å². The van der Waals surface area contributed by atoms with Crippen molar-refractivity contribution in [2.75, 3.05) is 6.54 Å². The van der Waals surface area contributed by atoms with E-state index in [1.807, 2.05) is 13.8 Å². The van der Waals surface area contributed by atoms with Gasteiger partial charge < -0.3 is 10.6 Å². The molecule has 1 heterocycles. The summed E-state index contributed by atoms with van der Waals surface area (Å²) in [5, 5.41) is 2.18. The van der Waals surface area contributed by atoms with Gasteiger partial charge in [-0.2, -0.15) is 0 Å². The number of nitrogens with zero attached hydrogens (tertiary/aromatic N) is 1. The van der Waals surface area contributed by atoms with Crippen LogP contribution in [0.1, 0.15) is 27.2 Å². The van der Waals surface area contributed by atoms with Gasteiger partial charge in [-0.25, -0.2) is 0 Å². The summed E-state index contributed by atoms with van der Waals surface area (Å²) in [6, 6.07) is -1.30. The molecule has 17 heavy (non-hydrogen) atoms. The minimum Gasteiger partial charge on any atom is -0.320 e. The lowest BCUT2D eigenvalue weighted by Crippen LogP contribution is -2.61. The number of rotatable bonds is 3. The van der Waals surface area contributed by atoms with Gasteiger partial charge >= 0.3 is 0 Å². The number of nitrogens with two attached hydrogens (primary N) is 1. The van der Waals surface area contributed by atoms with E-state index in [4.69, 9.17) is 5.73 Å². The van der Waals surface area contributed by atoms with Gasteiger partial charge in [0.1, 0.15) is 12.6 Å². The number of hydrogen-bond donors (Lipinski definition) is 2. The van der Waals surface area contributed by atoms with Crippen molar-refractivity contribution in [3.8, 4) is 0 Å². The third-order valence-corrected chi connectivity index (χ3v) is 2.75. The van der Waals surface area contributed by atoms with Crippen molar-refractivity contribution in [2.45, 2.75) is 39.3 Å².